The second kappa shape index (κ2) is 3.99. The molecule has 0 radical (unpaired) electrons. The second-order valence-corrected chi connectivity index (χ2v) is 4.78. The minimum Gasteiger partial charge on any atom is -0.361 e. The number of rotatable bonds is 1. The molecular formula is C18H13N. The van der Waals surface area contributed by atoms with Crippen LogP contribution in [-0.2, 0) is 0 Å². The lowest BCUT2D eigenvalue weighted by molar-refractivity contribution is 1.42. The van der Waals surface area contributed by atoms with Crippen molar-refractivity contribution < 1.29 is 0 Å². The van der Waals surface area contributed by atoms with Crippen molar-refractivity contribution >= 4 is 21.5 Å². The summed E-state index contributed by atoms with van der Waals surface area (Å²) in [4.78, 5) is 3.34. The molecule has 19 heavy (non-hydrogen) atoms. The first-order chi connectivity index (χ1) is 9.43. The molecule has 0 saturated heterocycles. The van der Waals surface area contributed by atoms with Crippen LogP contribution in [0.5, 0.6) is 0 Å². The summed E-state index contributed by atoms with van der Waals surface area (Å²) in [7, 11) is 0. The fourth-order valence-corrected chi connectivity index (χ4v) is 2.79. The van der Waals surface area contributed by atoms with E-state index >= 15 is 0 Å². The predicted octanol–water partition coefficient (Wildman–Crippen LogP) is 4.99. The van der Waals surface area contributed by atoms with Crippen LogP contribution in [-0.4, -0.2) is 4.98 Å². The number of fused-ring (bicyclic) bond motifs is 2. The van der Waals surface area contributed by atoms with E-state index in [-0.39, 0.29) is 0 Å². The van der Waals surface area contributed by atoms with Gasteiger partial charge in [-0.05, 0) is 39.7 Å². The van der Waals surface area contributed by atoms with Gasteiger partial charge in [-0.15, -0.1) is 0 Å². The van der Waals surface area contributed by atoms with Gasteiger partial charge in [0.1, 0.15) is 0 Å². The van der Waals surface area contributed by atoms with E-state index in [0.29, 0.717) is 0 Å². The lowest BCUT2D eigenvalue weighted by atomic mass is 9.95. The molecule has 0 aliphatic heterocycles. The molecular weight excluding hydrogens is 230 g/mol. The summed E-state index contributed by atoms with van der Waals surface area (Å²) >= 11 is 0. The molecule has 1 heterocycles. The van der Waals surface area contributed by atoms with Crippen molar-refractivity contribution in [2.75, 3.05) is 0 Å². The molecule has 1 aromatic heterocycles. The maximum Gasteiger partial charge on any atom is 0.0466 e. The summed E-state index contributed by atoms with van der Waals surface area (Å²) in [5.41, 5.74) is 2.46. The Hall–Kier alpha value is -2.54. The van der Waals surface area contributed by atoms with E-state index < -0.39 is 0 Å². The maximum atomic E-state index is 3.34. The molecule has 4 aromatic rings. The average molecular weight is 243 g/mol. The lowest BCUT2D eigenvalue weighted by Gasteiger charge is -2.10. The molecule has 0 unspecified atom stereocenters. The van der Waals surface area contributed by atoms with Gasteiger partial charge in [-0.2, -0.15) is 0 Å². The highest BCUT2D eigenvalue weighted by Gasteiger charge is 2.09. The SMILES string of the molecule is c1c[nH]c(-c2c3ccccc3cc3ccccc23)c1. The van der Waals surface area contributed by atoms with Crippen LogP contribution in [0.3, 0.4) is 0 Å². The molecule has 1 N–H and O–H groups in total. The summed E-state index contributed by atoms with van der Waals surface area (Å²) in [6, 6.07) is 23.6. The van der Waals surface area contributed by atoms with Crippen LogP contribution in [0.25, 0.3) is 32.8 Å². The van der Waals surface area contributed by atoms with Crippen molar-refractivity contribution in [3.63, 3.8) is 0 Å². The van der Waals surface area contributed by atoms with Gasteiger partial charge in [0.2, 0.25) is 0 Å². The predicted molar refractivity (Wildman–Crippen MR) is 81.2 cm³/mol. The van der Waals surface area contributed by atoms with E-state index in [4.69, 9.17) is 0 Å². The Bertz CT molecular complexity index is 803. The second-order valence-electron chi connectivity index (χ2n) is 4.78. The van der Waals surface area contributed by atoms with Gasteiger partial charge in [0.15, 0.2) is 0 Å². The van der Waals surface area contributed by atoms with E-state index in [1.807, 2.05) is 12.3 Å². The van der Waals surface area contributed by atoms with Crippen LogP contribution < -0.4 is 0 Å². The van der Waals surface area contributed by atoms with E-state index in [1.165, 1.54) is 32.8 Å². The van der Waals surface area contributed by atoms with Crippen LogP contribution in [0.15, 0.2) is 72.9 Å². The molecule has 0 saturated carbocycles. The first-order valence-electron chi connectivity index (χ1n) is 6.48. The zero-order chi connectivity index (χ0) is 12.7. The first-order valence-corrected chi connectivity index (χ1v) is 6.48. The molecule has 0 aliphatic carbocycles. The average Bonchev–Trinajstić information content (AvgIpc) is 2.98. The van der Waals surface area contributed by atoms with Crippen molar-refractivity contribution in [2.45, 2.75) is 0 Å². The number of nitrogens with one attached hydrogen (secondary N) is 1. The Kier molecular flexibility index (Phi) is 2.18. The summed E-state index contributed by atoms with van der Waals surface area (Å²) in [5.74, 6) is 0. The number of hydrogen-bond acceptors (Lipinski definition) is 0. The topological polar surface area (TPSA) is 15.8 Å². The Balaban J connectivity index is 2.27. The quantitative estimate of drug-likeness (QED) is 0.453. The standard InChI is InChI=1S/C18H13N/c1-3-8-15-13(6-1)12-14-7-2-4-9-16(14)18(15)17-10-5-11-19-17/h1-12,19H. The van der Waals surface area contributed by atoms with E-state index in [1.54, 1.807) is 0 Å². The molecule has 0 bridgehead atoms. The van der Waals surface area contributed by atoms with Crippen LogP contribution in [0.4, 0.5) is 0 Å². The number of H-pyrrole nitrogens is 1. The normalized spacial score (nSPS) is 11.2. The Morgan fingerprint density at radius 2 is 1.26 bits per heavy atom. The van der Waals surface area contributed by atoms with Gasteiger partial charge >= 0.3 is 0 Å². The highest BCUT2D eigenvalue weighted by Crippen LogP contribution is 2.35. The van der Waals surface area contributed by atoms with Gasteiger partial charge in [-0.1, -0.05) is 48.5 Å². The van der Waals surface area contributed by atoms with Crippen LogP contribution in [0.2, 0.25) is 0 Å². The molecule has 0 aliphatic rings. The van der Waals surface area contributed by atoms with Gasteiger partial charge in [-0.25, -0.2) is 0 Å². The highest BCUT2D eigenvalue weighted by atomic mass is 14.7. The van der Waals surface area contributed by atoms with Crippen LogP contribution in [0, 0.1) is 0 Å². The van der Waals surface area contributed by atoms with Gasteiger partial charge < -0.3 is 4.98 Å². The number of hydrogen-bond donors (Lipinski definition) is 1. The van der Waals surface area contributed by atoms with E-state index in [0.717, 1.165) is 0 Å². The molecule has 1 nitrogen and oxygen atoms in total. The summed E-state index contributed by atoms with van der Waals surface area (Å²) in [6.07, 6.45) is 1.98. The molecule has 3 aromatic carbocycles. The van der Waals surface area contributed by atoms with Crippen molar-refractivity contribution in [3.05, 3.63) is 72.9 Å². The summed E-state index contributed by atoms with van der Waals surface area (Å²) in [5, 5.41) is 5.16. The Labute approximate surface area is 111 Å². The zero-order valence-electron chi connectivity index (χ0n) is 10.4. The van der Waals surface area contributed by atoms with Crippen LogP contribution in [0.1, 0.15) is 0 Å². The van der Waals surface area contributed by atoms with Crippen molar-refractivity contribution in [3.8, 4) is 11.3 Å². The molecule has 0 fully saturated rings. The van der Waals surface area contributed by atoms with Gasteiger partial charge in [0.05, 0.1) is 0 Å². The Morgan fingerprint density at radius 1 is 0.632 bits per heavy atom. The molecule has 1 heteroatoms. The molecule has 0 atom stereocenters. The third kappa shape index (κ3) is 1.55. The number of aromatic amines is 1. The fraction of sp³-hybridized carbons (Fsp3) is 0. The van der Waals surface area contributed by atoms with Gasteiger partial charge in [-0.3, -0.25) is 0 Å². The van der Waals surface area contributed by atoms with Crippen molar-refractivity contribution in [2.24, 2.45) is 0 Å². The minimum atomic E-state index is 1.17. The number of benzene rings is 3. The molecule has 4 rings (SSSR count). The monoisotopic (exact) mass is 243 g/mol. The van der Waals surface area contributed by atoms with Crippen LogP contribution >= 0.6 is 0 Å². The smallest absolute Gasteiger partial charge is 0.0466 e. The minimum absolute atomic E-state index is 1.17. The molecule has 90 valence electrons. The molecule has 0 amide bonds. The maximum absolute atomic E-state index is 3.34. The lowest BCUT2D eigenvalue weighted by Crippen LogP contribution is -1.85. The highest BCUT2D eigenvalue weighted by molar-refractivity contribution is 6.12. The third-order valence-electron chi connectivity index (χ3n) is 3.64. The summed E-state index contributed by atoms with van der Waals surface area (Å²) < 4.78 is 0. The molecule has 0 spiro atoms. The fourth-order valence-electron chi connectivity index (χ4n) is 2.79. The van der Waals surface area contributed by atoms with E-state index in [2.05, 4.69) is 65.6 Å². The van der Waals surface area contributed by atoms with E-state index in [9.17, 15) is 0 Å². The Morgan fingerprint density at radius 3 is 1.84 bits per heavy atom. The third-order valence-corrected chi connectivity index (χ3v) is 3.64. The van der Waals surface area contributed by atoms with Gasteiger partial charge in [0.25, 0.3) is 0 Å². The van der Waals surface area contributed by atoms with Gasteiger partial charge in [0, 0.05) is 17.5 Å². The number of aromatic nitrogens is 1. The summed E-state index contributed by atoms with van der Waals surface area (Å²) in [6.45, 7) is 0. The van der Waals surface area contributed by atoms with Crippen molar-refractivity contribution in [1.29, 1.82) is 0 Å². The zero-order valence-corrected chi connectivity index (χ0v) is 10.4. The van der Waals surface area contributed by atoms with Crippen molar-refractivity contribution in [1.82, 2.24) is 4.98 Å². The largest absolute Gasteiger partial charge is 0.361 e. The first kappa shape index (κ1) is 10.4.